The first-order chi connectivity index (χ1) is 14.5. The number of rotatable bonds is 5. The Morgan fingerprint density at radius 3 is 2.43 bits per heavy atom. The molecule has 1 fully saturated rings. The van der Waals surface area contributed by atoms with E-state index < -0.39 is 4.92 Å². The standard InChI is InChI=1S/C20H20N6O4/c1-2-18-22-19(23-30-18)15-5-8-17(21-13-15)24-9-11-25(12-10-24)20(27)14-3-6-16(7-4-14)26(28)29/h3-8,13H,2,9-12H2,1H3. The molecule has 0 aliphatic carbocycles. The number of nitro groups is 1. The van der Waals surface area contributed by atoms with Crippen LogP contribution in [0.3, 0.4) is 0 Å². The number of pyridine rings is 1. The van der Waals surface area contributed by atoms with Gasteiger partial charge in [0.15, 0.2) is 0 Å². The first-order valence-corrected chi connectivity index (χ1v) is 9.63. The molecule has 1 aromatic carbocycles. The number of hydrogen-bond acceptors (Lipinski definition) is 8. The lowest BCUT2D eigenvalue weighted by molar-refractivity contribution is -0.384. The molecule has 1 aliphatic rings. The second-order valence-corrected chi connectivity index (χ2v) is 6.85. The molecule has 2 aromatic heterocycles. The maximum Gasteiger partial charge on any atom is 0.269 e. The van der Waals surface area contributed by atoms with Crippen LogP contribution in [0.25, 0.3) is 11.4 Å². The topological polar surface area (TPSA) is 118 Å². The second-order valence-electron chi connectivity index (χ2n) is 6.85. The molecule has 30 heavy (non-hydrogen) atoms. The van der Waals surface area contributed by atoms with Gasteiger partial charge in [-0.25, -0.2) is 4.98 Å². The van der Waals surface area contributed by atoms with Crippen LogP contribution in [-0.2, 0) is 6.42 Å². The summed E-state index contributed by atoms with van der Waals surface area (Å²) in [6, 6.07) is 9.50. The fourth-order valence-electron chi connectivity index (χ4n) is 3.27. The number of benzene rings is 1. The molecule has 1 amide bonds. The van der Waals surface area contributed by atoms with Crippen LogP contribution < -0.4 is 4.90 Å². The van der Waals surface area contributed by atoms with Gasteiger partial charge in [0, 0.05) is 62.1 Å². The van der Waals surface area contributed by atoms with Gasteiger partial charge < -0.3 is 14.3 Å². The summed E-state index contributed by atoms with van der Waals surface area (Å²) < 4.78 is 5.13. The molecular weight excluding hydrogens is 388 g/mol. The highest BCUT2D eigenvalue weighted by Gasteiger charge is 2.23. The van der Waals surface area contributed by atoms with E-state index in [1.807, 2.05) is 19.1 Å². The Hall–Kier alpha value is -3.82. The normalized spacial score (nSPS) is 14.0. The molecule has 1 saturated heterocycles. The summed E-state index contributed by atoms with van der Waals surface area (Å²) in [7, 11) is 0. The van der Waals surface area contributed by atoms with E-state index in [0.29, 0.717) is 49.9 Å². The molecule has 0 saturated carbocycles. The lowest BCUT2D eigenvalue weighted by Gasteiger charge is -2.35. The first-order valence-electron chi connectivity index (χ1n) is 9.63. The lowest BCUT2D eigenvalue weighted by atomic mass is 10.1. The number of amides is 1. The van der Waals surface area contributed by atoms with Crippen LogP contribution in [0.1, 0.15) is 23.2 Å². The van der Waals surface area contributed by atoms with Crippen molar-refractivity contribution in [1.82, 2.24) is 20.0 Å². The number of carbonyl (C=O) groups excluding carboxylic acids is 1. The summed E-state index contributed by atoms with van der Waals surface area (Å²) >= 11 is 0. The third kappa shape index (κ3) is 3.97. The highest BCUT2D eigenvalue weighted by molar-refractivity contribution is 5.94. The van der Waals surface area contributed by atoms with Crippen LogP contribution >= 0.6 is 0 Å². The smallest absolute Gasteiger partial charge is 0.269 e. The van der Waals surface area contributed by atoms with Crippen molar-refractivity contribution in [3.63, 3.8) is 0 Å². The Balaban J connectivity index is 1.37. The number of aromatic nitrogens is 3. The van der Waals surface area contributed by atoms with E-state index in [9.17, 15) is 14.9 Å². The minimum absolute atomic E-state index is 0.0300. The Bertz CT molecular complexity index is 1040. The molecule has 3 aromatic rings. The Morgan fingerprint density at radius 2 is 1.87 bits per heavy atom. The summed E-state index contributed by atoms with van der Waals surface area (Å²) in [5.74, 6) is 1.80. The largest absolute Gasteiger partial charge is 0.353 e. The van der Waals surface area contributed by atoms with Crippen LogP contribution in [0, 0.1) is 10.1 Å². The minimum atomic E-state index is -0.479. The molecule has 0 spiro atoms. The number of nitro benzene ring substituents is 1. The minimum Gasteiger partial charge on any atom is -0.353 e. The van der Waals surface area contributed by atoms with E-state index in [0.717, 1.165) is 11.4 Å². The van der Waals surface area contributed by atoms with Gasteiger partial charge in [0.25, 0.3) is 11.6 Å². The van der Waals surface area contributed by atoms with E-state index in [1.54, 1.807) is 11.1 Å². The van der Waals surface area contributed by atoms with E-state index in [1.165, 1.54) is 24.3 Å². The van der Waals surface area contributed by atoms with Crippen LogP contribution in [0.5, 0.6) is 0 Å². The van der Waals surface area contributed by atoms with Gasteiger partial charge in [-0.2, -0.15) is 4.98 Å². The predicted octanol–water partition coefficient (Wildman–Crippen LogP) is 2.56. The number of non-ortho nitro benzene ring substituents is 1. The fraction of sp³-hybridized carbons (Fsp3) is 0.300. The van der Waals surface area contributed by atoms with Gasteiger partial charge in [0.2, 0.25) is 11.7 Å². The number of hydrogen-bond donors (Lipinski definition) is 0. The maximum atomic E-state index is 12.7. The molecule has 0 radical (unpaired) electrons. The van der Waals surface area contributed by atoms with Gasteiger partial charge in [0.1, 0.15) is 5.82 Å². The van der Waals surface area contributed by atoms with Gasteiger partial charge in [0.05, 0.1) is 4.92 Å². The van der Waals surface area contributed by atoms with Crippen molar-refractivity contribution in [2.75, 3.05) is 31.1 Å². The molecule has 154 valence electrons. The van der Waals surface area contributed by atoms with Crippen LogP contribution in [0.2, 0.25) is 0 Å². The zero-order chi connectivity index (χ0) is 21.1. The van der Waals surface area contributed by atoms with Crippen molar-refractivity contribution in [2.24, 2.45) is 0 Å². The Morgan fingerprint density at radius 1 is 1.13 bits per heavy atom. The summed E-state index contributed by atoms with van der Waals surface area (Å²) in [6.07, 6.45) is 2.40. The lowest BCUT2D eigenvalue weighted by Crippen LogP contribution is -2.49. The van der Waals surface area contributed by atoms with Gasteiger partial charge >= 0.3 is 0 Å². The third-order valence-corrected chi connectivity index (χ3v) is 4.99. The summed E-state index contributed by atoms with van der Waals surface area (Å²) in [5, 5.41) is 14.7. The van der Waals surface area contributed by atoms with E-state index >= 15 is 0 Å². The SMILES string of the molecule is CCc1nc(-c2ccc(N3CCN(C(=O)c4ccc([N+](=O)[O-])cc4)CC3)nc2)no1. The monoisotopic (exact) mass is 408 g/mol. The number of nitrogens with zero attached hydrogens (tertiary/aromatic N) is 6. The van der Waals surface area contributed by atoms with Crippen molar-refractivity contribution < 1.29 is 14.2 Å². The Labute approximate surface area is 172 Å². The molecule has 10 nitrogen and oxygen atoms in total. The van der Waals surface area contributed by atoms with Crippen molar-refractivity contribution in [1.29, 1.82) is 0 Å². The Kier molecular flexibility index (Phi) is 5.38. The number of anilines is 1. The van der Waals surface area contributed by atoms with E-state index in [-0.39, 0.29) is 11.6 Å². The second kappa shape index (κ2) is 8.27. The molecule has 1 aliphatic heterocycles. The highest BCUT2D eigenvalue weighted by Crippen LogP contribution is 2.20. The summed E-state index contributed by atoms with van der Waals surface area (Å²) in [6.45, 7) is 4.33. The highest BCUT2D eigenvalue weighted by atomic mass is 16.6. The molecule has 4 rings (SSSR count). The molecule has 0 atom stereocenters. The van der Waals surface area contributed by atoms with Crippen LogP contribution in [-0.4, -0.2) is 57.0 Å². The summed E-state index contributed by atoms with van der Waals surface area (Å²) in [4.78, 5) is 35.6. The van der Waals surface area contributed by atoms with Gasteiger partial charge in [-0.3, -0.25) is 14.9 Å². The summed E-state index contributed by atoms with van der Waals surface area (Å²) in [5.41, 5.74) is 1.20. The first kappa shape index (κ1) is 19.5. The van der Waals surface area contributed by atoms with Crippen LogP contribution in [0.15, 0.2) is 47.1 Å². The fourth-order valence-corrected chi connectivity index (χ4v) is 3.27. The van der Waals surface area contributed by atoms with Crippen molar-refractivity contribution in [3.05, 3.63) is 64.2 Å². The zero-order valence-corrected chi connectivity index (χ0v) is 16.4. The molecule has 0 unspecified atom stereocenters. The molecular formula is C20H20N6O4. The average Bonchev–Trinajstić information content (AvgIpc) is 3.28. The average molecular weight is 408 g/mol. The number of aryl methyl sites for hydroxylation is 1. The van der Waals surface area contributed by atoms with Gasteiger partial charge in [-0.1, -0.05) is 12.1 Å². The van der Waals surface area contributed by atoms with Gasteiger partial charge in [-0.15, -0.1) is 0 Å². The quantitative estimate of drug-likeness (QED) is 0.467. The van der Waals surface area contributed by atoms with Crippen molar-refractivity contribution >= 4 is 17.4 Å². The molecule has 3 heterocycles. The molecule has 0 N–H and O–H groups in total. The maximum absolute atomic E-state index is 12.7. The number of piperazine rings is 1. The van der Waals surface area contributed by atoms with Gasteiger partial charge in [-0.05, 0) is 24.3 Å². The van der Waals surface area contributed by atoms with E-state index in [2.05, 4.69) is 20.0 Å². The third-order valence-electron chi connectivity index (χ3n) is 4.99. The zero-order valence-electron chi connectivity index (χ0n) is 16.4. The van der Waals surface area contributed by atoms with Crippen molar-refractivity contribution in [3.8, 4) is 11.4 Å². The molecule has 0 bridgehead atoms. The predicted molar refractivity (Wildman–Crippen MR) is 108 cm³/mol. The van der Waals surface area contributed by atoms with Crippen molar-refractivity contribution in [2.45, 2.75) is 13.3 Å². The molecule has 10 heteroatoms. The van der Waals surface area contributed by atoms with Crippen LogP contribution in [0.4, 0.5) is 11.5 Å². The van der Waals surface area contributed by atoms with E-state index in [4.69, 9.17) is 4.52 Å². The number of carbonyl (C=O) groups is 1.